The van der Waals surface area contributed by atoms with E-state index >= 15 is 0 Å². The molecule has 0 radical (unpaired) electrons. The van der Waals surface area contributed by atoms with E-state index in [1.165, 1.54) is 5.56 Å². The summed E-state index contributed by atoms with van der Waals surface area (Å²) in [6, 6.07) is 13.1. The van der Waals surface area contributed by atoms with E-state index in [2.05, 4.69) is 29.8 Å². The first-order valence-corrected chi connectivity index (χ1v) is 7.26. The molecule has 3 heteroatoms. The van der Waals surface area contributed by atoms with Gasteiger partial charge in [0, 0.05) is 15.6 Å². The van der Waals surface area contributed by atoms with Gasteiger partial charge in [-0.15, -0.1) is 0 Å². The van der Waals surface area contributed by atoms with E-state index < -0.39 is 0 Å². The fourth-order valence-electron chi connectivity index (χ4n) is 1.85. The van der Waals surface area contributed by atoms with Crippen molar-refractivity contribution >= 4 is 33.3 Å². The SMILES string of the molecule is CC(C)c1ccc(C(=O)c2cccc(Br)c2Cl)cc1. The molecule has 0 saturated carbocycles. The standard InChI is InChI=1S/C16H14BrClO/c1-10(2)11-6-8-12(9-7-11)16(19)13-4-3-5-14(17)15(13)18/h3-10H,1-2H3. The fourth-order valence-corrected chi connectivity index (χ4v) is 2.43. The predicted octanol–water partition coefficient (Wildman–Crippen LogP) is 5.46. The zero-order valence-electron chi connectivity index (χ0n) is 10.8. The molecule has 0 heterocycles. The van der Waals surface area contributed by atoms with Crippen LogP contribution in [0.1, 0.15) is 41.3 Å². The minimum absolute atomic E-state index is 0.0541. The Hall–Kier alpha value is -1.12. The van der Waals surface area contributed by atoms with Crippen LogP contribution in [0.25, 0.3) is 0 Å². The second-order valence-electron chi connectivity index (χ2n) is 4.71. The summed E-state index contributed by atoms with van der Waals surface area (Å²) in [7, 11) is 0. The molecule has 98 valence electrons. The van der Waals surface area contributed by atoms with E-state index in [0.717, 1.165) is 4.47 Å². The van der Waals surface area contributed by atoms with Crippen LogP contribution in [0.15, 0.2) is 46.9 Å². The van der Waals surface area contributed by atoms with E-state index in [9.17, 15) is 4.79 Å². The summed E-state index contributed by atoms with van der Waals surface area (Å²) in [5, 5.41) is 0.459. The van der Waals surface area contributed by atoms with Crippen LogP contribution < -0.4 is 0 Å². The molecule has 0 fully saturated rings. The van der Waals surface area contributed by atoms with Crippen molar-refractivity contribution in [3.63, 3.8) is 0 Å². The molecule has 0 N–H and O–H groups in total. The topological polar surface area (TPSA) is 17.1 Å². The van der Waals surface area contributed by atoms with Crippen molar-refractivity contribution in [3.8, 4) is 0 Å². The summed E-state index contributed by atoms with van der Waals surface area (Å²) in [6.07, 6.45) is 0. The molecule has 0 unspecified atom stereocenters. The first kappa shape index (κ1) is 14.3. The third kappa shape index (κ3) is 3.07. The maximum absolute atomic E-state index is 12.4. The van der Waals surface area contributed by atoms with E-state index in [1.807, 2.05) is 36.4 Å². The van der Waals surface area contributed by atoms with Crippen molar-refractivity contribution in [2.24, 2.45) is 0 Å². The summed E-state index contributed by atoms with van der Waals surface area (Å²) in [4.78, 5) is 12.4. The summed E-state index contributed by atoms with van der Waals surface area (Å²) in [6.45, 7) is 4.25. The third-order valence-electron chi connectivity index (χ3n) is 3.04. The van der Waals surface area contributed by atoms with Crippen LogP contribution in [-0.4, -0.2) is 5.78 Å². The molecule has 0 spiro atoms. The predicted molar refractivity (Wildman–Crippen MR) is 83.1 cm³/mol. The number of rotatable bonds is 3. The number of carbonyl (C=O) groups is 1. The molecule has 2 rings (SSSR count). The van der Waals surface area contributed by atoms with Gasteiger partial charge in [-0.05, 0) is 39.5 Å². The van der Waals surface area contributed by atoms with Gasteiger partial charge >= 0.3 is 0 Å². The van der Waals surface area contributed by atoms with Crippen LogP contribution in [0.2, 0.25) is 5.02 Å². The van der Waals surface area contributed by atoms with Crippen molar-refractivity contribution in [1.29, 1.82) is 0 Å². The number of hydrogen-bond acceptors (Lipinski definition) is 1. The molecule has 0 aliphatic rings. The highest BCUT2D eigenvalue weighted by atomic mass is 79.9. The summed E-state index contributed by atoms with van der Waals surface area (Å²) < 4.78 is 0.735. The molecular formula is C16H14BrClO. The van der Waals surface area contributed by atoms with Crippen molar-refractivity contribution in [2.75, 3.05) is 0 Å². The monoisotopic (exact) mass is 336 g/mol. The summed E-state index contributed by atoms with van der Waals surface area (Å²) >= 11 is 9.49. The molecule has 0 aliphatic carbocycles. The Bertz CT molecular complexity index is 603. The quantitative estimate of drug-likeness (QED) is 0.680. The minimum Gasteiger partial charge on any atom is -0.289 e. The Morgan fingerprint density at radius 3 is 2.32 bits per heavy atom. The van der Waals surface area contributed by atoms with Crippen molar-refractivity contribution in [2.45, 2.75) is 19.8 Å². The number of benzene rings is 2. The normalized spacial score (nSPS) is 10.8. The second-order valence-corrected chi connectivity index (χ2v) is 5.94. The first-order valence-electron chi connectivity index (χ1n) is 6.09. The highest BCUT2D eigenvalue weighted by Gasteiger charge is 2.14. The van der Waals surface area contributed by atoms with Gasteiger partial charge < -0.3 is 0 Å². The molecule has 1 nitrogen and oxygen atoms in total. The highest BCUT2D eigenvalue weighted by molar-refractivity contribution is 9.10. The Morgan fingerprint density at radius 1 is 1.11 bits per heavy atom. The van der Waals surface area contributed by atoms with Gasteiger partial charge in [-0.2, -0.15) is 0 Å². The number of halogens is 2. The molecule has 19 heavy (non-hydrogen) atoms. The Morgan fingerprint density at radius 2 is 1.74 bits per heavy atom. The Kier molecular flexibility index (Phi) is 4.43. The zero-order valence-corrected chi connectivity index (χ0v) is 13.1. The van der Waals surface area contributed by atoms with Crippen LogP contribution in [0.3, 0.4) is 0 Å². The maximum Gasteiger partial charge on any atom is 0.194 e. The van der Waals surface area contributed by atoms with Gasteiger partial charge in [0.2, 0.25) is 0 Å². The van der Waals surface area contributed by atoms with E-state index in [0.29, 0.717) is 22.1 Å². The van der Waals surface area contributed by atoms with Crippen molar-refractivity contribution in [3.05, 3.63) is 68.7 Å². The average molecular weight is 338 g/mol. The number of ketones is 1. The van der Waals surface area contributed by atoms with Crippen molar-refractivity contribution in [1.82, 2.24) is 0 Å². The molecule has 0 aliphatic heterocycles. The Labute approximate surface area is 126 Å². The zero-order chi connectivity index (χ0) is 14.0. The molecule has 2 aromatic rings. The molecule has 0 amide bonds. The lowest BCUT2D eigenvalue weighted by Crippen LogP contribution is -2.02. The van der Waals surface area contributed by atoms with Crippen LogP contribution in [0.4, 0.5) is 0 Å². The van der Waals surface area contributed by atoms with Gasteiger partial charge in [0.1, 0.15) is 0 Å². The molecule has 0 saturated heterocycles. The van der Waals surface area contributed by atoms with E-state index in [1.54, 1.807) is 6.07 Å². The number of hydrogen-bond donors (Lipinski definition) is 0. The first-order chi connectivity index (χ1) is 9.00. The minimum atomic E-state index is -0.0541. The second kappa shape index (κ2) is 5.89. The third-order valence-corrected chi connectivity index (χ3v) is 4.33. The van der Waals surface area contributed by atoms with E-state index in [-0.39, 0.29) is 5.78 Å². The van der Waals surface area contributed by atoms with E-state index in [4.69, 9.17) is 11.6 Å². The molecular weight excluding hydrogens is 324 g/mol. The highest BCUT2D eigenvalue weighted by Crippen LogP contribution is 2.28. The average Bonchev–Trinajstić information content (AvgIpc) is 2.41. The lowest BCUT2D eigenvalue weighted by atomic mass is 9.98. The smallest absolute Gasteiger partial charge is 0.194 e. The van der Waals surface area contributed by atoms with Crippen LogP contribution in [-0.2, 0) is 0 Å². The largest absolute Gasteiger partial charge is 0.289 e. The van der Waals surface area contributed by atoms with Crippen LogP contribution in [0, 0.1) is 0 Å². The number of carbonyl (C=O) groups excluding carboxylic acids is 1. The van der Waals surface area contributed by atoms with Crippen LogP contribution >= 0.6 is 27.5 Å². The molecule has 0 bridgehead atoms. The maximum atomic E-state index is 12.4. The summed E-state index contributed by atoms with van der Waals surface area (Å²) in [5.41, 5.74) is 2.40. The van der Waals surface area contributed by atoms with Crippen molar-refractivity contribution < 1.29 is 4.79 Å². The lowest BCUT2D eigenvalue weighted by molar-refractivity contribution is 0.103. The molecule has 0 atom stereocenters. The lowest BCUT2D eigenvalue weighted by Gasteiger charge is -2.08. The van der Waals surface area contributed by atoms with Gasteiger partial charge in [-0.1, -0.05) is 55.8 Å². The van der Waals surface area contributed by atoms with Crippen LogP contribution in [0.5, 0.6) is 0 Å². The summed E-state index contributed by atoms with van der Waals surface area (Å²) in [5.74, 6) is 0.403. The Balaban J connectivity index is 2.36. The molecule has 0 aromatic heterocycles. The van der Waals surface area contributed by atoms with Gasteiger partial charge in [0.25, 0.3) is 0 Å². The fraction of sp³-hybridized carbons (Fsp3) is 0.188. The van der Waals surface area contributed by atoms with Gasteiger partial charge in [-0.3, -0.25) is 4.79 Å². The van der Waals surface area contributed by atoms with Gasteiger partial charge in [0.15, 0.2) is 5.78 Å². The van der Waals surface area contributed by atoms with Gasteiger partial charge in [0.05, 0.1) is 5.02 Å². The van der Waals surface area contributed by atoms with Gasteiger partial charge in [-0.25, -0.2) is 0 Å². The molecule has 2 aromatic carbocycles.